The highest BCUT2D eigenvalue weighted by molar-refractivity contribution is 7.98. The number of non-ortho nitro benzene ring substituents is 1. The van der Waals surface area contributed by atoms with Gasteiger partial charge in [0.1, 0.15) is 5.75 Å². The third-order valence-electron chi connectivity index (χ3n) is 5.36. The number of carbonyl (C=O) groups is 1. The lowest BCUT2D eigenvalue weighted by molar-refractivity contribution is -0.384. The van der Waals surface area contributed by atoms with Crippen LogP contribution >= 0.6 is 11.8 Å². The van der Waals surface area contributed by atoms with Crippen LogP contribution in [-0.2, 0) is 12.3 Å². The van der Waals surface area contributed by atoms with Crippen molar-refractivity contribution in [3.8, 4) is 5.75 Å². The summed E-state index contributed by atoms with van der Waals surface area (Å²) < 4.78 is 7.57. The summed E-state index contributed by atoms with van der Waals surface area (Å²) in [5, 5.41) is 15.0. The van der Waals surface area contributed by atoms with Crippen molar-refractivity contribution < 1.29 is 14.5 Å². The van der Waals surface area contributed by atoms with Crippen molar-refractivity contribution in [3.63, 3.8) is 0 Å². The average molecular weight is 476 g/mol. The number of nitrogens with zero attached hydrogens (tertiary/aromatic N) is 2. The zero-order chi connectivity index (χ0) is 23.9. The van der Waals surface area contributed by atoms with E-state index in [2.05, 4.69) is 28.2 Å². The van der Waals surface area contributed by atoms with E-state index in [9.17, 15) is 14.9 Å². The van der Waals surface area contributed by atoms with Crippen LogP contribution in [0.15, 0.2) is 83.9 Å². The third-order valence-corrected chi connectivity index (χ3v) is 6.47. The second-order valence-corrected chi connectivity index (χ2v) is 8.65. The monoisotopic (exact) mass is 475 g/mol. The Kier molecular flexibility index (Phi) is 7.49. The summed E-state index contributed by atoms with van der Waals surface area (Å²) in [4.78, 5) is 24.1. The number of thioether (sulfide) groups is 1. The number of para-hydroxylation sites is 1. The van der Waals surface area contributed by atoms with Gasteiger partial charge in [-0.25, -0.2) is 0 Å². The van der Waals surface area contributed by atoms with E-state index in [0.29, 0.717) is 31.0 Å². The molecule has 0 saturated carbocycles. The number of rotatable bonds is 10. The second kappa shape index (κ2) is 10.9. The molecule has 0 aliphatic heterocycles. The molecule has 0 unspecified atom stereocenters. The van der Waals surface area contributed by atoms with Crippen LogP contribution in [0.5, 0.6) is 5.75 Å². The Morgan fingerprint density at radius 1 is 1.06 bits per heavy atom. The molecule has 0 fully saturated rings. The second-order valence-electron chi connectivity index (χ2n) is 7.63. The number of hydrogen-bond donors (Lipinski definition) is 1. The number of benzene rings is 3. The highest BCUT2D eigenvalue weighted by Gasteiger charge is 2.11. The molecule has 8 heteroatoms. The number of nitrogens with one attached hydrogen (secondary N) is 1. The standard InChI is InChI=1S/C26H25N3O4S/c1-2-33-22-13-9-20(10-14-22)26(30)27-15-16-28-17-25(23-5-3-4-6-24(23)28)34-18-19-7-11-21(12-8-19)29(31)32/h3-14,17H,2,15-16,18H2,1H3,(H,27,30). The summed E-state index contributed by atoms with van der Waals surface area (Å²) in [5.41, 5.74) is 2.82. The lowest BCUT2D eigenvalue weighted by Gasteiger charge is -2.08. The smallest absolute Gasteiger partial charge is 0.269 e. The molecule has 4 rings (SSSR count). The summed E-state index contributed by atoms with van der Waals surface area (Å²) in [6, 6.07) is 21.9. The minimum atomic E-state index is -0.390. The number of fused-ring (bicyclic) bond motifs is 1. The van der Waals surface area contributed by atoms with Crippen LogP contribution in [0.2, 0.25) is 0 Å². The maximum atomic E-state index is 12.5. The minimum Gasteiger partial charge on any atom is -0.494 e. The fraction of sp³-hybridized carbons (Fsp3) is 0.192. The van der Waals surface area contributed by atoms with E-state index in [4.69, 9.17) is 4.74 Å². The van der Waals surface area contributed by atoms with E-state index in [-0.39, 0.29) is 16.5 Å². The Hall–Kier alpha value is -3.78. The molecule has 1 heterocycles. The zero-order valence-electron chi connectivity index (χ0n) is 18.8. The first-order valence-electron chi connectivity index (χ1n) is 11.0. The predicted molar refractivity (Wildman–Crippen MR) is 135 cm³/mol. The van der Waals surface area contributed by atoms with Crippen LogP contribution in [0, 0.1) is 10.1 Å². The first-order valence-corrected chi connectivity index (χ1v) is 12.0. The number of nitro benzene ring substituents is 1. The Morgan fingerprint density at radius 3 is 2.50 bits per heavy atom. The van der Waals surface area contributed by atoms with Crippen molar-refractivity contribution >= 4 is 34.3 Å². The van der Waals surface area contributed by atoms with Gasteiger partial charge in [0.15, 0.2) is 0 Å². The molecule has 0 aliphatic rings. The summed E-state index contributed by atoms with van der Waals surface area (Å²) in [6.45, 7) is 3.65. The lowest BCUT2D eigenvalue weighted by atomic mass is 10.2. The van der Waals surface area contributed by atoms with Crippen LogP contribution in [0.4, 0.5) is 5.69 Å². The van der Waals surface area contributed by atoms with E-state index < -0.39 is 0 Å². The van der Waals surface area contributed by atoms with Gasteiger partial charge in [0, 0.05) is 58.5 Å². The van der Waals surface area contributed by atoms with E-state index in [1.165, 1.54) is 12.1 Å². The van der Waals surface area contributed by atoms with E-state index in [1.54, 1.807) is 48.2 Å². The van der Waals surface area contributed by atoms with Gasteiger partial charge in [0.05, 0.1) is 11.5 Å². The summed E-state index contributed by atoms with van der Waals surface area (Å²) in [7, 11) is 0. The molecule has 1 N–H and O–H groups in total. The molecule has 1 aromatic heterocycles. The normalized spacial score (nSPS) is 10.9. The highest BCUT2D eigenvalue weighted by atomic mass is 32.2. The quantitative estimate of drug-likeness (QED) is 0.181. The number of hydrogen-bond acceptors (Lipinski definition) is 5. The first-order chi connectivity index (χ1) is 16.5. The third kappa shape index (κ3) is 5.58. The topological polar surface area (TPSA) is 86.4 Å². The molecule has 0 bridgehead atoms. The number of ether oxygens (including phenoxy) is 1. The van der Waals surface area contributed by atoms with Crippen LogP contribution in [0.1, 0.15) is 22.8 Å². The fourth-order valence-corrected chi connectivity index (χ4v) is 4.69. The van der Waals surface area contributed by atoms with Gasteiger partial charge < -0.3 is 14.6 Å². The lowest BCUT2D eigenvalue weighted by Crippen LogP contribution is -2.27. The summed E-state index contributed by atoms with van der Waals surface area (Å²) >= 11 is 1.69. The number of nitro groups is 1. The Balaban J connectivity index is 1.39. The van der Waals surface area contributed by atoms with Crippen LogP contribution < -0.4 is 10.1 Å². The first kappa shape index (κ1) is 23.4. The molecule has 0 radical (unpaired) electrons. The molecular weight excluding hydrogens is 450 g/mol. The van der Waals surface area contributed by atoms with Gasteiger partial charge in [-0.05, 0) is 42.8 Å². The minimum absolute atomic E-state index is 0.0950. The highest BCUT2D eigenvalue weighted by Crippen LogP contribution is 2.32. The summed E-state index contributed by atoms with van der Waals surface area (Å²) in [5.74, 6) is 1.34. The Labute approximate surface area is 201 Å². The van der Waals surface area contributed by atoms with Crippen molar-refractivity contribution in [1.82, 2.24) is 9.88 Å². The maximum absolute atomic E-state index is 12.5. The molecule has 0 atom stereocenters. The van der Waals surface area contributed by atoms with Crippen molar-refractivity contribution in [3.05, 3.63) is 100 Å². The van der Waals surface area contributed by atoms with Crippen LogP contribution in [-0.4, -0.2) is 28.5 Å². The van der Waals surface area contributed by atoms with Gasteiger partial charge >= 0.3 is 0 Å². The molecule has 3 aromatic carbocycles. The number of amides is 1. The maximum Gasteiger partial charge on any atom is 0.269 e. The molecule has 7 nitrogen and oxygen atoms in total. The van der Waals surface area contributed by atoms with Gasteiger partial charge in [-0.3, -0.25) is 14.9 Å². The SMILES string of the molecule is CCOc1ccc(C(=O)NCCn2cc(SCc3ccc([N+](=O)[O-])cc3)c3ccccc32)cc1. The number of carbonyl (C=O) groups excluding carboxylic acids is 1. The largest absolute Gasteiger partial charge is 0.494 e. The van der Waals surface area contributed by atoms with E-state index >= 15 is 0 Å². The van der Waals surface area contributed by atoms with Crippen molar-refractivity contribution in [2.45, 2.75) is 24.1 Å². The van der Waals surface area contributed by atoms with Gasteiger partial charge in [0.2, 0.25) is 0 Å². The number of aromatic nitrogens is 1. The predicted octanol–water partition coefficient (Wildman–Crippen LogP) is 5.67. The van der Waals surface area contributed by atoms with Crippen molar-refractivity contribution in [2.24, 2.45) is 0 Å². The molecular formula is C26H25N3O4S. The van der Waals surface area contributed by atoms with Crippen molar-refractivity contribution in [1.29, 1.82) is 0 Å². The van der Waals surface area contributed by atoms with Gasteiger partial charge in [-0.1, -0.05) is 30.3 Å². The fourth-order valence-electron chi connectivity index (χ4n) is 3.65. The molecule has 0 saturated heterocycles. The molecule has 0 aliphatic carbocycles. The van der Waals surface area contributed by atoms with Gasteiger partial charge in [-0.15, -0.1) is 11.8 Å². The van der Waals surface area contributed by atoms with E-state index in [1.807, 2.05) is 19.1 Å². The summed E-state index contributed by atoms with van der Waals surface area (Å²) in [6.07, 6.45) is 2.10. The zero-order valence-corrected chi connectivity index (χ0v) is 19.6. The average Bonchev–Trinajstić information content (AvgIpc) is 3.21. The van der Waals surface area contributed by atoms with Crippen molar-refractivity contribution in [2.75, 3.05) is 13.2 Å². The van der Waals surface area contributed by atoms with Gasteiger partial charge in [0.25, 0.3) is 11.6 Å². The Bertz CT molecular complexity index is 1280. The molecule has 4 aromatic rings. The van der Waals surface area contributed by atoms with E-state index in [0.717, 1.165) is 27.1 Å². The van der Waals surface area contributed by atoms with Crippen LogP contribution in [0.3, 0.4) is 0 Å². The van der Waals surface area contributed by atoms with Gasteiger partial charge in [-0.2, -0.15) is 0 Å². The molecule has 174 valence electrons. The molecule has 0 spiro atoms. The van der Waals surface area contributed by atoms with Crippen LogP contribution in [0.25, 0.3) is 10.9 Å². The molecule has 1 amide bonds. The Morgan fingerprint density at radius 2 is 1.79 bits per heavy atom. The molecule has 34 heavy (non-hydrogen) atoms.